The SMILES string of the molecule is Cc1cccc(NC(c2ccccn2)c2c(C)[nH]c3ccc(NC(=O)c4ccccc4Cl)cc23)n1. The number of halogens is 1. The van der Waals surface area contributed by atoms with E-state index in [1.165, 1.54) is 0 Å². The number of nitrogens with one attached hydrogen (secondary N) is 3. The Kier molecular flexibility index (Phi) is 6.21. The number of hydrogen-bond acceptors (Lipinski definition) is 4. The van der Waals surface area contributed by atoms with Gasteiger partial charge in [-0.3, -0.25) is 9.78 Å². The lowest BCUT2D eigenvalue weighted by atomic mass is 9.99. The highest BCUT2D eigenvalue weighted by atomic mass is 35.5. The van der Waals surface area contributed by atoms with Crippen LogP contribution in [0.3, 0.4) is 0 Å². The molecular formula is C28H24ClN5O. The number of carbonyl (C=O) groups excluding carboxylic acids is 1. The summed E-state index contributed by atoms with van der Waals surface area (Å²) in [5.74, 6) is 0.504. The molecule has 0 aliphatic carbocycles. The van der Waals surface area contributed by atoms with Crippen LogP contribution in [-0.2, 0) is 0 Å². The molecule has 0 aliphatic heterocycles. The Labute approximate surface area is 208 Å². The molecule has 0 bridgehead atoms. The number of rotatable bonds is 6. The summed E-state index contributed by atoms with van der Waals surface area (Å²) < 4.78 is 0. The molecule has 1 unspecified atom stereocenters. The van der Waals surface area contributed by atoms with Crippen LogP contribution >= 0.6 is 11.6 Å². The average Bonchev–Trinajstić information content (AvgIpc) is 3.18. The summed E-state index contributed by atoms with van der Waals surface area (Å²) in [5.41, 5.74) is 5.91. The molecule has 0 saturated carbocycles. The third-order valence-electron chi connectivity index (χ3n) is 5.87. The number of benzene rings is 2. The first-order valence-corrected chi connectivity index (χ1v) is 11.7. The monoisotopic (exact) mass is 481 g/mol. The van der Waals surface area contributed by atoms with Crippen LogP contribution in [0, 0.1) is 13.8 Å². The van der Waals surface area contributed by atoms with E-state index in [1.807, 2.05) is 68.4 Å². The van der Waals surface area contributed by atoms with Crippen molar-refractivity contribution in [1.82, 2.24) is 15.0 Å². The maximum absolute atomic E-state index is 12.9. The zero-order valence-electron chi connectivity index (χ0n) is 19.3. The van der Waals surface area contributed by atoms with E-state index in [0.29, 0.717) is 16.3 Å². The molecule has 0 spiro atoms. The van der Waals surface area contributed by atoms with E-state index in [4.69, 9.17) is 11.6 Å². The molecule has 3 N–H and O–H groups in total. The van der Waals surface area contributed by atoms with Gasteiger partial charge in [-0.05, 0) is 68.4 Å². The maximum Gasteiger partial charge on any atom is 0.257 e. The number of pyridine rings is 2. The number of aryl methyl sites for hydroxylation is 2. The zero-order valence-corrected chi connectivity index (χ0v) is 20.1. The van der Waals surface area contributed by atoms with Crippen LogP contribution < -0.4 is 10.6 Å². The first-order chi connectivity index (χ1) is 17.0. The van der Waals surface area contributed by atoms with Crippen LogP contribution in [0.2, 0.25) is 5.02 Å². The van der Waals surface area contributed by atoms with E-state index in [0.717, 1.165) is 39.4 Å². The highest BCUT2D eigenvalue weighted by Crippen LogP contribution is 2.35. The molecule has 7 heteroatoms. The van der Waals surface area contributed by atoms with Crippen LogP contribution in [0.5, 0.6) is 0 Å². The Morgan fingerprint density at radius 1 is 0.971 bits per heavy atom. The van der Waals surface area contributed by atoms with Crippen molar-refractivity contribution in [3.05, 3.63) is 118 Å². The van der Waals surface area contributed by atoms with E-state index in [1.54, 1.807) is 30.5 Å². The Morgan fingerprint density at radius 2 is 1.80 bits per heavy atom. The predicted molar refractivity (Wildman–Crippen MR) is 141 cm³/mol. The fourth-order valence-electron chi connectivity index (χ4n) is 4.25. The number of aromatic amines is 1. The average molecular weight is 482 g/mol. The Bertz CT molecular complexity index is 1510. The van der Waals surface area contributed by atoms with Crippen LogP contribution in [0.25, 0.3) is 10.9 Å². The molecule has 174 valence electrons. The highest BCUT2D eigenvalue weighted by Gasteiger charge is 2.23. The fraction of sp³-hybridized carbons (Fsp3) is 0.107. The summed E-state index contributed by atoms with van der Waals surface area (Å²) in [5, 5.41) is 7.94. The largest absolute Gasteiger partial charge is 0.358 e. The smallest absolute Gasteiger partial charge is 0.257 e. The number of fused-ring (bicyclic) bond motifs is 1. The molecular weight excluding hydrogens is 458 g/mol. The Balaban J connectivity index is 1.57. The van der Waals surface area contributed by atoms with Crippen molar-refractivity contribution < 1.29 is 4.79 Å². The molecule has 35 heavy (non-hydrogen) atoms. The summed E-state index contributed by atoms with van der Waals surface area (Å²) in [6.07, 6.45) is 1.78. The van der Waals surface area contributed by atoms with Gasteiger partial charge in [-0.15, -0.1) is 0 Å². The van der Waals surface area contributed by atoms with Gasteiger partial charge in [0, 0.05) is 39.7 Å². The van der Waals surface area contributed by atoms with Gasteiger partial charge in [0.2, 0.25) is 0 Å². The van der Waals surface area contributed by atoms with E-state index in [9.17, 15) is 4.79 Å². The van der Waals surface area contributed by atoms with Crippen LogP contribution in [0.1, 0.15) is 39.0 Å². The van der Waals surface area contributed by atoms with Crippen molar-refractivity contribution in [1.29, 1.82) is 0 Å². The molecule has 2 aromatic carbocycles. The van der Waals surface area contributed by atoms with Gasteiger partial charge in [-0.2, -0.15) is 0 Å². The maximum atomic E-state index is 12.9. The number of nitrogens with zero attached hydrogens (tertiary/aromatic N) is 2. The van der Waals surface area contributed by atoms with E-state index in [-0.39, 0.29) is 11.9 Å². The topological polar surface area (TPSA) is 82.7 Å². The van der Waals surface area contributed by atoms with E-state index in [2.05, 4.69) is 25.6 Å². The van der Waals surface area contributed by atoms with Crippen molar-refractivity contribution >= 4 is 39.9 Å². The van der Waals surface area contributed by atoms with E-state index >= 15 is 0 Å². The first kappa shape index (κ1) is 22.6. The van der Waals surface area contributed by atoms with E-state index < -0.39 is 0 Å². The summed E-state index contributed by atoms with van der Waals surface area (Å²) in [6, 6.07) is 24.3. The number of carbonyl (C=O) groups is 1. The Hall–Kier alpha value is -4.16. The summed E-state index contributed by atoms with van der Waals surface area (Å²) in [7, 11) is 0. The second-order valence-corrected chi connectivity index (χ2v) is 8.76. The molecule has 1 atom stereocenters. The molecule has 0 radical (unpaired) electrons. The number of hydrogen-bond donors (Lipinski definition) is 3. The number of H-pyrrole nitrogens is 1. The second-order valence-electron chi connectivity index (χ2n) is 8.35. The van der Waals surface area contributed by atoms with Crippen molar-refractivity contribution in [2.24, 2.45) is 0 Å². The molecule has 1 amide bonds. The van der Waals surface area contributed by atoms with Gasteiger partial charge in [-0.25, -0.2) is 4.98 Å². The Morgan fingerprint density at radius 3 is 2.57 bits per heavy atom. The lowest BCUT2D eigenvalue weighted by molar-refractivity contribution is 0.102. The quantitative estimate of drug-likeness (QED) is 0.252. The molecule has 0 saturated heterocycles. The fourth-order valence-corrected chi connectivity index (χ4v) is 4.47. The second kappa shape index (κ2) is 9.60. The lowest BCUT2D eigenvalue weighted by Gasteiger charge is -2.20. The van der Waals surface area contributed by atoms with Crippen molar-refractivity contribution in [3.8, 4) is 0 Å². The standard InChI is InChI=1S/C28H24ClN5O/c1-17-8-7-12-25(31-17)34-27(24-11-5-6-15-30-24)26-18(2)32-23-14-13-19(16-21(23)26)33-28(35)20-9-3-4-10-22(20)29/h3-16,27,32H,1-2H3,(H,31,34)(H,33,35). The number of anilines is 2. The molecule has 0 fully saturated rings. The molecule has 0 aliphatic rings. The molecule has 3 aromatic heterocycles. The van der Waals surface area contributed by atoms with Gasteiger partial charge >= 0.3 is 0 Å². The molecule has 3 heterocycles. The van der Waals surface area contributed by atoms with Gasteiger partial charge in [0.25, 0.3) is 5.91 Å². The summed E-state index contributed by atoms with van der Waals surface area (Å²) in [4.78, 5) is 25.6. The van der Waals surface area contributed by atoms with Crippen LogP contribution in [-0.4, -0.2) is 20.9 Å². The molecule has 6 nitrogen and oxygen atoms in total. The lowest BCUT2D eigenvalue weighted by Crippen LogP contribution is -2.16. The zero-order chi connectivity index (χ0) is 24.4. The van der Waals surface area contributed by atoms with Crippen LogP contribution in [0.15, 0.2) is 85.1 Å². The normalized spacial score (nSPS) is 11.9. The minimum atomic E-state index is -0.257. The first-order valence-electron chi connectivity index (χ1n) is 11.3. The van der Waals surface area contributed by atoms with Crippen molar-refractivity contribution in [2.75, 3.05) is 10.6 Å². The minimum Gasteiger partial charge on any atom is -0.358 e. The highest BCUT2D eigenvalue weighted by molar-refractivity contribution is 6.34. The third-order valence-corrected chi connectivity index (χ3v) is 6.19. The predicted octanol–water partition coefficient (Wildman–Crippen LogP) is 6.68. The van der Waals surface area contributed by atoms with Crippen LogP contribution in [0.4, 0.5) is 11.5 Å². The minimum absolute atomic E-state index is 0.256. The van der Waals surface area contributed by atoms with Gasteiger partial charge in [0.15, 0.2) is 0 Å². The number of aromatic nitrogens is 3. The molecule has 5 aromatic rings. The van der Waals surface area contributed by atoms with Gasteiger partial charge in [0.05, 0.1) is 22.3 Å². The number of amides is 1. The summed E-state index contributed by atoms with van der Waals surface area (Å²) >= 11 is 6.22. The van der Waals surface area contributed by atoms with Gasteiger partial charge in [-0.1, -0.05) is 35.9 Å². The van der Waals surface area contributed by atoms with Crippen molar-refractivity contribution in [2.45, 2.75) is 19.9 Å². The summed E-state index contributed by atoms with van der Waals surface area (Å²) in [6.45, 7) is 4.00. The van der Waals surface area contributed by atoms with Crippen molar-refractivity contribution in [3.63, 3.8) is 0 Å². The van der Waals surface area contributed by atoms with Gasteiger partial charge in [0.1, 0.15) is 5.82 Å². The molecule has 5 rings (SSSR count). The third kappa shape index (κ3) is 4.74. The van der Waals surface area contributed by atoms with Gasteiger partial charge < -0.3 is 15.6 Å².